The molecule has 8 heteroatoms. The summed E-state index contributed by atoms with van der Waals surface area (Å²) in [6.07, 6.45) is 0. The first kappa shape index (κ1) is 19.0. The summed E-state index contributed by atoms with van der Waals surface area (Å²) >= 11 is 3.19. The maximum atomic E-state index is 12.4. The number of hydrogen-bond donors (Lipinski definition) is 2. The highest BCUT2D eigenvalue weighted by Gasteiger charge is 2.19. The highest BCUT2D eigenvalue weighted by atomic mass is 79.9. The second kappa shape index (κ2) is 8.30. The normalized spacial score (nSPS) is 10.7. The fourth-order valence-electron chi connectivity index (χ4n) is 2.68. The van der Waals surface area contributed by atoms with E-state index in [1.54, 1.807) is 12.1 Å². The number of amides is 1. The van der Waals surface area contributed by atoms with Crippen molar-refractivity contribution in [1.29, 1.82) is 0 Å². The fourth-order valence-corrected chi connectivity index (χ4v) is 2.99. The van der Waals surface area contributed by atoms with Crippen LogP contribution in [0.5, 0.6) is 11.5 Å². The Morgan fingerprint density at radius 1 is 1.19 bits per heavy atom. The molecule has 0 spiro atoms. The summed E-state index contributed by atoms with van der Waals surface area (Å²) in [5, 5.41) is 9.91. The van der Waals surface area contributed by atoms with Crippen LogP contribution in [0.15, 0.2) is 39.4 Å². The highest BCUT2D eigenvalue weighted by Crippen LogP contribution is 2.36. The quantitative estimate of drug-likeness (QED) is 0.558. The number of ether oxygens (including phenoxy) is 2. The van der Waals surface area contributed by atoms with E-state index in [1.807, 2.05) is 39.0 Å². The molecule has 1 aromatic carbocycles. The Kier molecular flexibility index (Phi) is 5.85. The summed E-state index contributed by atoms with van der Waals surface area (Å²) in [5.74, 6) is 1.54. The monoisotopic (exact) mass is 433 g/mol. The molecule has 0 unspecified atom stereocenters. The summed E-state index contributed by atoms with van der Waals surface area (Å²) in [5.41, 5.74) is 2.44. The fraction of sp³-hybridized carbons (Fsp3) is 0.263. The first-order chi connectivity index (χ1) is 13.0. The number of benzene rings is 1. The zero-order valence-corrected chi connectivity index (χ0v) is 16.8. The van der Waals surface area contributed by atoms with E-state index in [9.17, 15) is 4.79 Å². The molecule has 0 saturated heterocycles. The molecule has 0 aliphatic rings. The molecule has 7 nitrogen and oxygen atoms in total. The maximum Gasteiger partial charge on any atom is 0.292 e. The molecule has 27 heavy (non-hydrogen) atoms. The largest absolute Gasteiger partial charge is 0.490 e. The van der Waals surface area contributed by atoms with E-state index < -0.39 is 0 Å². The number of nitrogens with one attached hydrogen (secondary N) is 2. The zero-order chi connectivity index (χ0) is 19.4. The van der Waals surface area contributed by atoms with E-state index in [0.29, 0.717) is 35.2 Å². The minimum absolute atomic E-state index is 0.190. The Morgan fingerprint density at radius 3 is 2.59 bits per heavy atom. The topological polar surface area (TPSA) is 89.4 Å². The third kappa shape index (κ3) is 4.16. The zero-order valence-electron chi connectivity index (χ0n) is 15.3. The molecule has 2 N–H and O–H groups in total. The molecule has 0 radical (unpaired) electrons. The molecular formula is C19H20BrN3O4. The van der Waals surface area contributed by atoms with E-state index in [0.717, 1.165) is 16.8 Å². The number of anilines is 1. The van der Waals surface area contributed by atoms with Gasteiger partial charge in [0.2, 0.25) is 0 Å². The summed E-state index contributed by atoms with van der Waals surface area (Å²) in [7, 11) is 0. The van der Waals surface area contributed by atoms with Crippen molar-refractivity contribution in [3.63, 3.8) is 0 Å². The van der Waals surface area contributed by atoms with Gasteiger partial charge < -0.3 is 19.2 Å². The van der Waals surface area contributed by atoms with E-state index in [1.165, 1.54) is 0 Å². The van der Waals surface area contributed by atoms with Crippen molar-refractivity contribution in [2.24, 2.45) is 0 Å². The van der Waals surface area contributed by atoms with Gasteiger partial charge in [0, 0.05) is 11.3 Å². The van der Waals surface area contributed by atoms with Crippen LogP contribution in [0, 0.1) is 6.92 Å². The lowest BCUT2D eigenvalue weighted by molar-refractivity contribution is 0.0995. The minimum Gasteiger partial charge on any atom is -0.490 e. The number of aromatic nitrogens is 2. The lowest BCUT2D eigenvalue weighted by Gasteiger charge is -2.13. The molecule has 1 amide bonds. The number of carbonyl (C=O) groups excluding carboxylic acids is 1. The standard InChI is InChI=1S/C19H20BrN3O4/c1-4-25-13-7-6-12(10-15(13)26-5-2)17-11(3)22-23-18(17)21-19(24)14-8-9-16(20)27-14/h6-10H,4-5H2,1-3H3,(H2,21,22,23,24). The summed E-state index contributed by atoms with van der Waals surface area (Å²) < 4.78 is 17.1. The molecule has 0 fully saturated rings. The van der Waals surface area contributed by atoms with Crippen molar-refractivity contribution in [3.05, 3.63) is 46.5 Å². The number of halogens is 1. The Morgan fingerprint density at radius 2 is 1.93 bits per heavy atom. The van der Waals surface area contributed by atoms with Crippen LogP contribution in [0.3, 0.4) is 0 Å². The smallest absolute Gasteiger partial charge is 0.292 e. The first-order valence-electron chi connectivity index (χ1n) is 8.55. The average molecular weight is 434 g/mol. The van der Waals surface area contributed by atoms with Crippen molar-refractivity contribution < 1.29 is 18.7 Å². The minimum atomic E-state index is -0.385. The number of H-pyrrole nitrogens is 1. The van der Waals surface area contributed by atoms with Crippen LogP contribution in [-0.2, 0) is 0 Å². The summed E-state index contributed by atoms with van der Waals surface area (Å²) in [6, 6.07) is 8.89. The molecule has 0 aliphatic carbocycles. The van der Waals surface area contributed by atoms with Gasteiger partial charge in [-0.05, 0) is 66.5 Å². The molecule has 0 aliphatic heterocycles. The van der Waals surface area contributed by atoms with Crippen LogP contribution in [0.25, 0.3) is 11.1 Å². The Labute approximate surface area is 165 Å². The molecule has 3 aromatic rings. The molecule has 2 heterocycles. The van der Waals surface area contributed by atoms with Gasteiger partial charge in [0.05, 0.1) is 13.2 Å². The molecular weight excluding hydrogens is 414 g/mol. The van der Waals surface area contributed by atoms with E-state index >= 15 is 0 Å². The van der Waals surface area contributed by atoms with Crippen molar-refractivity contribution in [2.45, 2.75) is 20.8 Å². The molecule has 2 aromatic heterocycles. The Balaban J connectivity index is 1.94. The van der Waals surface area contributed by atoms with Gasteiger partial charge in [0.1, 0.15) is 0 Å². The molecule has 0 bridgehead atoms. The second-order valence-corrected chi connectivity index (χ2v) is 6.44. The second-order valence-electron chi connectivity index (χ2n) is 5.66. The van der Waals surface area contributed by atoms with Gasteiger partial charge in [-0.3, -0.25) is 9.89 Å². The number of aryl methyl sites for hydroxylation is 1. The van der Waals surface area contributed by atoms with Crippen molar-refractivity contribution >= 4 is 27.7 Å². The lowest BCUT2D eigenvalue weighted by Crippen LogP contribution is -2.12. The van der Waals surface area contributed by atoms with Crippen molar-refractivity contribution in [3.8, 4) is 22.6 Å². The third-order valence-electron chi connectivity index (χ3n) is 3.81. The van der Waals surface area contributed by atoms with E-state index in [2.05, 4.69) is 31.4 Å². The first-order valence-corrected chi connectivity index (χ1v) is 9.34. The van der Waals surface area contributed by atoms with Gasteiger partial charge in [0.15, 0.2) is 27.7 Å². The number of furan rings is 1. The predicted molar refractivity (Wildman–Crippen MR) is 105 cm³/mol. The van der Waals surface area contributed by atoms with Crippen molar-refractivity contribution in [2.75, 3.05) is 18.5 Å². The maximum absolute atomic E-state index is 12.4. The Hall–Kier alpha value is -2.74. The summed E-state index contributed by atoms with van der Waals surface area (Å²) in [4.78, 5) is 12.4. The van der Waals surface area contributed by atoms with Crippen LogP contribution in [0.2, 0.25) is 0 Å². The third-order valence-corrected chi connectivity index (χ3v) is 4.23. The summed E-state index contributed by atoms with van der Waals surface area (Å²) in [6.45, 7) is 6.79. The number of carbonyl (C=O) groups is 1. The number of aromatic amines is 1. The van der Waals surface area contributed by atoms with E-state index in [-0.39, 0.29) is 11.7 Å². The van der Waals surface area contributed by atoms with Gasteiger partial charge in [-0.2, -0.15) is 5.10 Å². The SMILES string of the molecule is CCOc1ccc(-c2c(NC(=O)c3ccc(Br)o3)n[nH]c2C)cc1OCC. The van der Waals surface area contributed by atoms with Crippen LogP contribution in [-0.4, -0.2) is 29.3 Å². The van der Waals surface area contributed by atoms with Crippen LogP contribution < -0.4 is 14.8 Å². The van der Waals surface area contributed by atoms with Gasteiger partial charge in [0.25, 0.3) is 5.91 Å². The van der Waals surface area contributed by atoms with Gasteiger partial charge >= 0.3 is 0 Å². The Bertz CT molecular complexity index is 948. The van der Waals surface area contributed by atoms with Crippen molar-refractivity contribution in [1.82, 2.24) is 10.2 Å². The lowest BCUT2D eigenvalue weighted by atomic mass is 10.0. The van der Waals surface area contributed by atoms with Gasteiger partial charge in [-0.1, -0.05) is 6.07 Å². The van der Waals surface area contributed by atoms with E-state index in [4.69, 9.17) is 13.9 Å². The average Bonchev–Trinajstić information content (AvgIpc) is 3.23. The predicted octanol–water partition coefficient (Wildman–Crippen LogP) is 4.79. The number of nitrogens with zero attached hydrogens (tertiary/aromatic N) is 1. The van der Waals surface area contributed by atoms with Gasteiger partial charge in [-0.25, -0.2) is 0 Å². The molecule has 142 valence electrons. The van der Waals surface area contributed by atoms with Crippen LogP contribution >= 0.6 is 15.9 Å². The van der Waals surface area contributed by atoms with Gasteiger partial charge in [-0.15, -0.1) is 0 Å². The molecule has 0 atom stereocenters. The number of hydrogen-bond acceptors (Lipinski definition) is 5. The molecule has 0 saturated carbocycles. The highest BCUT2D eigenvalue weighted by molar-refractivity contribution is 9.10. The number of rotatable bonds is 7. The molecule has 3 rings (SSSR count). The van der Waals surface area contributed by atoms with Crippen LogP contribution in [0.1, 0.15) is 30.1 Å². The van der Waals surface area contributed by atoms with Crippen LogP contribution in [0.4, 0.5) is 5.82 Å².